The summed E-state index contributed by atoms with van der Waals surface area (Å²) in [6.07, 6.45) is 0.819. The van der Waals surface area contributed by atoms with Crippen molar-refractivity contribution in [3.8, 4) is 0 Å². The van der Waals surface area contributed by atoms with Gasteiger partial charge in [0.2, 0.25) is 5.91 Å². The van der Waals surface area contributed by atoms with E-state index in [1.807, 2.05) is 6.92 Å². The number of hydrogen-bond acceptors (Lipinski definition) is 4. The fourth-order valence-electron chi connectivity index (χ4n) is 1.03. The van der Waals surface area contributed by atoms with Gasteiger partial charge in [-0.05, 0) is 19.9 Å². The van der Waals surface area contributed by atoms with Gasteiger partial charge in [-0.3, -0.25) is 9.69 Å². The van der Waals surface area contributed by atoms with E-state index in [4.69, 9.17) is 18.0 Å². The Kier molecular flexibility index (Phi) is 3.49. The van der Waals surface area contributed by atoms with Crippen molar-refractivity contribution in [3.63, 3.8) is 0 Å². The van der Waals surface area contributed by atoms with Crippen molar-refractivity contribution in [3.05, 3.63) is 0 Å². The number of hydrogen-bond donors (Lipinski definition) is 1. The van der Waals surface area contributed by atoms with Crippen molar-refractivity contribution in [1.82, 2.24) is 4.90 Å². The van der Waals surface area contributed by atoms with Gasteiger partial charge in [-0.2, -0.15) is 0 Å². The Morgan fingerprint density at radius 3 is 2.83 bits per heavy atom. The van der Waals surface area contributed by atoms with Gasteiger partial charge in [-0.15, -0.1) is 0 Å². The summed E-state index contributed by atoms with van der Waals surface area (Å²) in [6.45, 7) is 3.15. The normalized spacial score (nSPS) is 23.8. The molecule has 1 saturated heterocycles. The summed E-state index contributed by atoms with van der Waals surface area (Å²) >= 11 is 6.49. The Labute approximate surface area is 81.7 Å². The average Bonchev–Trinajstić information content (AvgIpc) is 2.25. The second kappa shape index (κ2) is 4.20. The molecule has 1 atom stereocenters. The molecule has 0 saturated carbocycles. The lowest BCUT2D eigenvalue weighted by molar-refractivity contribution is -0.125. The van der Waals surface area contributed by atoms with Gasteiger partial charge >= 0.3 is 0 Å². The molecule has 1 unspecified atom stereocenters. The third kappa shape index (κ3) is 1.97. The number of amides is 1. The minimum Gasteiger partial charge on any atom is -0.330 e. The molecule has 5 heteroatoms. The van der Waals surface area contributed by atoms with Crippen LogP contribution >= 0.6 is 24.0 Å². The second-order valence-corrected chi connectivity index (χ2v) is 4.63. The number of carbonyl (C=O) groups is 1. The van der Waals surface area contributed by atoms with Crippen molar-refractivity contribution in [2.75, 3.05) is 13.1 Å². The van der Waals surface area contributed by atoms with Crippen LogP contribution in [-0.4, -0.2) is 33.5 Å². The maximum absolute atomic E-state index is 11.4. The lowest BCUT2D eigenvalue weighted by Gasteiger charge is -2.13. The first kappa shape index (κ1) is 9.95. The summed E-state index contributed by atoms with van der Waals surface area (Å²) in [5.74, 6) is 0.124. The van der Waals surface area contributed by atoms with Gasteiger partial charge in [0.05, 0.1) is 5.25 Å². The van der Waals surface area contributed by atoms with E-state index in [9.17, 15) is 4.79 Å². The van der Waals surface area contributed by atoms with Gasteiger partial charge in [0.15, 0.2) is 0 Å². The summed E-state index contributed by atoms with van der Waals surface area (Å²) in [5, 5.41) is -0.00438. The first-order chi connectivity index (χ1) is 5.66. The largest absolute Gasteiger partial charge is 0.330 e. The molecule has 1 rings (SSSR count). The SMILES string of the molecule is CC1SC(=S)N(CCCN)C1=O. The molecule has 1 amide bonds. The van der Waals surface area contributed by atoms with E-state index in [1.54, 1.807) is 4.90 Å². The third-order valence-corrected chi connectivity index (χ3v) is 3.18. The molecule has 1 heterocycles. The van der Waals surface area contributed by atoms with Gasteiger partial charge in [-0.1, -0.05) is 24.0 Å². The van der Waals surface area contributed by atoms with E-state index in [2.05, 4.69) is 0 Å². The Balaban J connectivity index is 2.52. The van der Waals surface area contributed by atoms with Crippen LogP contribution in [0.25, 0.3) is 0 Å². The average molecular weight is 204 g/mol. The molecule has 1 aliphatic rings. The predicted octanol–water partition coefficient (Wildman–Crippen LogP) is 0.584. The van der Waals surface area contributed by atoms with Crippen LogP contribution < -0.4 is 5.73 Å². The highest BCUT2D eigenvalue weighted by Crippen LogP contribution is 2.26. The van der Waals surface area contributed by atoms with E-state index in [0.29, 0.717) is 17.4 Å². The molecule has 3 nitrogen and oxygen atoms in total. The smallest absolute Gasteiger partial charge is 0.241 e. The Morgan fingerprint density at radius 1 is 1.75 bits per heavy atom. The Morgan fingerprint density at radius 2 is 2.42 bits per heavy atom. The molecular weight excluding hydrogens is 192 g/mol. The molecule has 0 aromatic heterocycles. The van der Waals surface area contributed by atoms with Crippen molar-refractivity contribution in [2.24, 2.45) is 5.73 Å². The number of thioether (sulfide) groups is 1. The molecule has 12 heavy (non-hydrogen) atoms. The summed E-state index contributed by atoms with van der Waals surface area (Å²) in [7, 11) is 0. The molecule has 0 aromatic rings. The summed E-state index contributed by atoms with van der Waals surface area (Å²) in [5.41, 5.74) is 5.34. The first-order valence-corrected chi connectivity index (χ1v) is 5.17. The van der Waals surface area contributed by atoms with Crippen LogP contribution in [0.2, 0.25) is 0 Å². The molecule has 0 spiro atoms. The third-order valence-electron chi connectivity index (χ3n) is 1.70. The minimum absolute atomic E-state index is 0.00438. The second-order valence-electron chi connectivity index (χ2n) is 2.66. The molecule has 0 radical (unpaired) electrons. The van der Waals surface area contributed by atoms with Gasteiger partial charge in [0, 0.05) is 6.54 Å². The lowest BCUT2D eigenvalue weighted by Crippen LogP contribution is -2.32. The maximum Gasteiger partial charge on any atom is 0.241 e. The molecule has 68 valence electrons. The van der Waals surface area contributed by atoms with Gasteiger partial charge in [0.1, 0.15) is 4.32 Å². The number of carbonyl (C=O) groups excluding carboxylic acids is 1. The Bertz CT molecular complexity index is 208. The van der Waals surface area contributed by atoms with Crippen LogP contribution in [-0.2, 0) is 4.79 Å². The van der Waals surface area contributed by atoms with E-state index in [0.717, 1.165) is 6.42 Å². The first-order valence-electron chi connectivity index (χ1n) is 3.89. The topological polar surface area (TPSA) is 46.3 Å². The van der Waals surface area contributed by atoms with Crippen LogP contribution in [0.3, 0.4) is 0 Å². The number of thiocarbonyl (C=S) groups is 1. The van der Waals surface area contributed by atoms with E-state index < -0.39 is 0 Å². The summed E-state index contributed by atoms with van der Waals surface area (Å²) in [6, 6.07) is 0. The zero-order valence-corrected chi connectivity index (χ0v) is 8.58. The number of rotatable bonds is 3. The van der Waals surface area contributed by atoms with Crippen LogP contribution in [0.4, 0.5) is 0 Å². The highest BCUT2D eigenvalue weighted by molar-refractivity contribution is 8.24. The zero-order chi connectivity index (χ0) is 9.14. The van der Waals surface area contributed by atoms with Crippen LogP contribution in [0.5, 0.6) is 0 Å². The molecular formula is C7H12N2OS2. The maximum atomic E-state index is 11.4. The fourth-order valence-corrected chi connectivity index (χ4v) is 2.48. The number of nitrogens with two attached hydrogens (primary N) is 1. The van der Waals surface area contributed by atoms with Crippen LogP contribution in [0.1, 0.15) is 13.3 Å². The molecule has 0 aliphatic carbocycles. The quantitative estimate of drug-likeness (QED) is 0.683. The van der Waals surface area contributed by atoms with E-state index in [1.165, 1.54) is 11.8 Å². The molecule has 1 fully saturated rings. The van der Waals surface area contributed by atoms with Gasteiger partial charge < -0.3 is 5.73 Å². The van der Waals surface area contributed by atoms with Crippen molar-refractivity contribution in [1.29, 1.82) is 0 Å². The van der Waals surface area contributed by atoms with Crippen molar-refractivity contribution >= 4 is 34.2 Å². The monoisotopic (exact) mass is 204 g/mol. The highest BCUT2D eigenvalue weighted by Gasteiger charge is 2.32. The Hall–Kier alpha value is -0.130. The fraction of sp³-hybridized carbons (Fsp3) is 0.714. The van der Waals surface area contributed by atoms with Gasteiger partial charge in [0.25, 0.3) is 0 Å². The summed E-state index contributed by atoms with van der Waals surface area (Å²) < 4.78 is 0.695. The van der Waals surface area contributed by atoms with Crippen LogP contribution in [0.15, 0.2) is 0 Å². The summed E-state index contributed by atoms with van der Waals surface area (Å²) in [4.78, 5) is 13.0. The minimum atomic E-state index is -0.00438. The number of nitrogens with zero attached hydrogens (tertiary/aromatic N) is 1. The molecule has 1 aliphatic heterocycles. The van der Waals surface area contributed by atoms with Crippen molar-refractivity contribution < 1.29 is 4.79 Å². The zero-order valence-electron chi connectivity index (χ0n) is 6.95. The van der Waals surface area contributed by atoms with Gasteiger partial charge in [-0.25, -0.2) is 0 Å². The predicted molar refractivity (Wildman–Crippen MR) is 55.0 cm³/mol. The molecule has 0 aromatic carbocycles. The van der Waals surface area contributed by atoms with Crippen molar-refractivity contribution in [2.45, 2.75) is 18.6 Å². The molecule has 0 bridgehead atoms. The highest BCUT2D eigenvalue weighted by atomic mass is 32.2. The molecule has 2 N–H and O–H groups in total. The van der Waals surface area contributed by atoms with E-state index >= 15 is 0 Å². The lowest BCUT2D eigenvalue weighted by atomic mass is 10.3. The van der Waals surface area contributed by atoms with Crippen LogP contribution in [0, 0.1) is 0 Å². The van der Waals surface area contributed by atoms with E-state index in [-0.39, 0.29) is 11.2 Å². The standard InChI is InChI=1S/C7H12N2OS2/c1-5-6(10)9(4-2-3-8)7(11)12-5/h5H,2-4,8H2,1H3.